The number of nitrogens with one attached hydrogen (secondary N) is 1. The van der Waals surface area contributed by atoms with Gasteiger partial charge < -0.3 is 11.1 Å². The lowest BCUT2D eigenvalue weighted by atomic mass is 10.1. The molecule has 0 atom stereocenters. The fraction of sp³-hybridized carbons (Fsp3) is 0.400. The molecule has 2 nitrogen and oxygen atoms in total. The molecule has 3 N–H and O–H groups in total. The van der Waals surface area contributed by atoms with Crippen LogP contribution < -0.4 is 11.1 Å². The molecule has 0 amide bonds. The van der Waals surface area contributed by atoms with Gasteiger partial charge in [-0.05, 0) is 26.0 Å². The maximum absolute atomic E-state index is 12.7. The molecule has 1 aromatic carbocycles. The van der Waals surface area contributed by atoms with Crippen LogP contribution in [0.2, 0.25) is 0 Å². The summed E-state index contributed by atoms with van der Waals surface area (Å²) in [4.78, 5) is 0. The Balaban J connectivity index is 3.33. The van der Waals surface area contributed by atoms with Gasteiger partial charge in [0, 0.05) is 10.5 Å². The molecule has 0 fully saturated rings. The van der Waals surface area contributed by atoms with E-state index in [1.807, 2.05) is 0 Å². The summed E-state index contributed by atoms with van der Waals surface area (Å²) >= 11 is 3.00. The normalized spacial score (nSPS) is 11.9. The van der Waals surface area contributed by atoms with Crippen molar-refractivity contribution in [1.29, 1.82) is 0 Å². The van der Waals surface area contributed by atoms with E-state index in [9.17, 15) is 13.2 Å². The summed E-state index contributed by atoms with van der Waals surface area (Å²) in [6, 6.07) is 2.34. The minimum Gasteiger partial charge on any atom is -0.397 e. The van der Waals surface area contributed by atoms with Gasteiger partial charge in [0.05, 0.1) is 16.9 Å². The summed E-state index contributed by atoms with van der Waals surface area (Å²) in [5.74, 6) is 0. The molecule has 0 aliphatic rings. The Bertz CT molecular complexity index is 388. The lowest BCUT2D eigenvalue weighted by molar-refractivity contribution is -0.137. The van der Waals surface area contributed by atoms with Crippen molar-refractivity contribution >= 4 is 27.3 Å². The standard InChI is InChI=1S/C10H12BrF3N2/c1-5(2)16-9-7(10(12,13)14)3-6(11)4-8(9)15/h3-5,16H,15H2,1-2H3. The highest BCUT2D eigenvalue weighted by atomic mass is 79.9. The van der Waals surface area contributed by atoms with Crippen LogP contribution >= 0.6 is 15.9 Å². The van der Waals surface area contributed by atoms with E-state index in [0.717, 1.165) is 6.07 Å². The van der Waals surface area contributed by atoms with Crippen LogP contribution in [-0.4, -0.2) is 6.04 Å². The van der Waals surface area contributed by atoms with Gasteiger partial charge in [0.25, 0.3) is 0 Å². The highest BCUT2D eigenvalue weighted by Gasteiger charge is 2.34. The van der Waals surface area contributed by atoms with Crippen LogP contribution in [0.25, 0.3) is 0 Å². The second-order valence-corrected chi connectivity index (χ2v) is 4.63. The third-order valence-electron chi connectivity index (χ3n) is 1.87. The van der Waals surface area contributed by atoms with Gasteiger partial charge in [0.1, 0.15) is 0 Å². The molecule has 0 heterocycles. The van der Waals surface area contributed by atoms with Gasteiger partial charge in [-0.3, -0.25) is 0 Å². The summed E-state index contributed by atoms with van der Waals surface area (Å²) in [7, 11) is 0. The third kappa shape index (κ3) is 3.04. The summed E-state index contributed by atoms with van der Waals surface area (Å²) in [5, 5.41) is 2.71. The van der Waals surface area contributed by atoms with Crippen molar-refractivity contribution in [2.75, 3.05) is 11.1 Å². The molecular weight excluding hydrogens is 285 g/mol. The van der Waals surface area contributed by atoms with Gasteiger partial charge in [-0.15, -0.1) is 0 Å². The molecule has 1 aromatic rings. The molecule has 0 aliphatic carbocycles. The Hall–Kier alpha value is -0.910. The van der Waals surface area contributed by atoms with Crippen molar-refractivity contribution in [2.45, 2.75) is 26.1 Å². The molecule has 0 bridgehead atoms. The molecule has 0 aliphatic heterocycles. The second-order valence-electron chi connectivity index (χ2n) is 3.71. The number of benzene rings is 1. The minimum atomic E-state index is -4.42. The molecule has 1 rings (SSSR count). The Morgan fingerprint density at radius 3 is 2.31 bits per heavy atom. The number of anilines is 2. The molecule has 0 spiro atoms. The van der Waals surface area contributed by atoms with Crippen LogP contribution in [0.15, 0.2) is 16.6 Å². The highest BCUT2D eigenvalue weighted by Crippen LogP contribution is 2.40. The van der Waals surface area contributed by atoms with Gasteiger partial charge in [-0.1, -0.05) is 15.9 Å². The third-order valence-corrected chi connectivity index (χ3v) is 2.33. The maximum atomic E-state index is 12.7. The van der Waals surface area contributed by atoms with Crippen molar-refractivity contribution in [1.82, 2.24) is 0 Å². The molecule has 0 radical (unpaired) electrons. The quantitative estimate of drug-likeness (QED) is 0.813. The zero-order valence-electron chi connectivity index (χ0n) is 8.82. The highest BCUT2D eigenvalue weighted by molar-refractivity contribution is 9.10. The first-order valence-electron chi connectivity index (χ1n) is 4.64. The van der Waals surface area contributed by atoms with Crippen molar-refractivity contribution in [2.24, 2.45) is 0 Å². The number of hydrogen-bond acceptors (Lipinski definition) is 2. The SMILES string of the molecule is CC(C)Nc1c(N)cc(Br)cc1C(F)(F)F. The van der Waals surface area contributed by atoms with E-state index in [2.05, 4.69) is 21.2 Å². The fourth-order valence-electron chi connectivity index (χ4n) is 1.30. The molecule has 0 aromatic heterocycles. The monoisotopic (exact) mass is 296 g/mol. The molecule has 0 saturated carbocycles. The van der Waals surface area contributed by atoms with Gasteiger partial charge in [-0.2, -0.15) is 13.2 Å². The largest absolute Gasteiger partial charge is 0.418 e. The topological polar surface area (TPSA) is 38.0 Å². The zero-order chi connectivity index (χ0) is 12.5. The van der Waals surface area contributed by atoms with E-state index in [1.165, 1.54) is 6.07 Å². The summed E-state index contributed by atoms with van der Waals surface area (Å²) in [6.07, 6.45) is -4.42. The average Bonchev–Trinajstić information content (AvgIpc) is 2.06. The number of rotatable bonds is 2. The van der Waals surface area contributed by atoms with Crippen molar-refractivity contribution < 1.29 is 13.2 Å². The Morgan fingerprint density at radius 2 is 1.88 bits per heavy atom. The molecule has 0 unspecified atom stereocenters. The maximum Gasteiger partial charge on any atom is 0.418 e. The predicted octanol–water partition coefficient (Wildman–Crippen LogP) is 3.87. The molecular formula is C10H12BrF3N2. The lowest BCUT2D eigenvalue weighted by Gasteiger charge is -2.19. The second kappa shape index (κ2) is 4.53. The van der Waals surface area contributed by atoms with Crippen LogP contribution in [0.1, 0.15) is 19.4 Å². The van der Waals surface area contributed by atoms with E-state index >= 15 is 0 Å². The van der Waals surface area contributed by atoms with Crippen LogP contribution in [0, 0.1) is 0 Å². The number of halogens is 4. The van der Waals surface area contributed by atoms with Gasteiger partial charge in [0.2, 0.25) is 0 Å². The summed E-state index contributed by atoms with van der Waals surface area (Å²) in [5.41, 5.74) is 4.83. The average molecular weight is 297 g/mol. The lowest BCUT2D eigenvalue weighted by Crippen LogP contribution is -2.17. The van der Waals surface area contributed by atoms with E-state index in [1.54, 1.807) is 13.8 Å². The van der Waals surface area contributed by atoms with Crippen LogP contribution in [-0.2, 0) is 6.18 Å². The minimum absolute atomic E-state index is 0.0642. The van der Waals surface area contributed by atoms with E-state index in [-0.39, 0.29) is 17.4 Å². The number of nitrogen functional groups attached to an aromatic ring is 1. The number of hydrogen-bond donors (Lipinski definition) is 2. The Morgan fingerprint density at radius 1 is 1.31 bits per heavy atom. The van der Waals surface area contributed by atoms with Gasteiger partial charge in [0.15, 0.2) is 0 Å². The number of alkyl halides is 3. The molecule has 16 heavy (non-hydrogen) atoms. The van der Waals surface area contributed by atoms with E-state index < -0.39 is 11.7 Å². The Kier molecular flexibility index (Phi) is 3.72. The molecule has 0 saturated heterocycles. The van der Waals surface area contributed by atoms with Gasteiger partial charge in [-0.25, -0.2) is 0 Å². The van der Waals surface area contributed by atoms with Crippen LogP contribution in [0.5, 0.6) is 0 Å². The van der Waals surface area contributed by atoms with Crippen molar-refractivity contribution in [3.8, 4) is 0 Å². The molecule has 90 valence electrons. The van der Waals surface area contributed by atoms with Crippen molar-refractivity contribution in [3.05, 3.63) is 22.2 Å². The predicted molar refractivity (Wildman–Crippen MR) is 62.3 cm³/mol. The first-order valence-corrected chi connectivity index (χ1v) is 5.44. The van der Waals surface area contributed by atoms with Crippen molar-refractivity contribution in [3.63, 3.8) is 0 Å². The van der Waals surface area contributed by atoms with E-state index in [0.29, 0.717) is 4.47 Å². The first-order chi connectivity index (χ1) is 7.21. The smallest absolute Gasteiger partial charge is 0.397 e. The summed E-state index contributed by atoms with van der Waals surface area (Å²) < 4.78 is 38.5. The first kappa shape index (κ1) is 13.2. The molecule has 6 heteroatoms. The summed E-state index contributed by atoms with van der Waals surface area (Å²) in [6.45, 7) is 3.50. The zero-order valence-corrected chi connectivity index (χ0v) is 10.4. The number of nitrogens with two attached hydrogens (primary N) is 1. The fourth-order valence-corrected chi connectivity index (χ4v) is 1.78. The van der Waals surface area contributed by atoms with Crippen LogP contribution in [0.3, 0.4) is 0 Å². The Labute approximate surface area is 100 Å². The van der Waals surface area contributed by atoms with Crippen LogP contribution in [0.4, 0.5) is 24.5 Å². The van der Waals surface area contributed by atoms with E-state index in [4.69, 9.17) is 5.73 Å². The van der Waals surface area contributed by atoms with Gasteiger partial charge >= 0.3 is 6.18 Å².